The Bertz CT molecular complexity index is 826. The maximum Gasteiger partial charge on any atom is 0.407 e. The molecule has 0 aliphatic carbocycles. The van der Waals surface area contributed by atoms with Crippen molar-refractivity contribution in [3.63, 3.8) is 0 Å². The second kappa shape index (κ2) is 9.07. The number of nitrogens with one attached hydrogen (secondary N) is 3. The first-order valence-electron chi connectivity index (χ1n) is 9.28. The lowest BCUT2D eigenvalue weighted by Gasteiger charge is -2.38. The van der Waals surface area contributed by atoms with Crippen molar-refractivity contribution in [3.05, 3.63) is 52.6 Å². The number of likely N-dealkylation sites (tertiary alicyclic amines) is 1. The van der Waals surface area contributed by atoms with Gasteiger partial charge in [0.05, 0.1) is 5.69 Å². The van der Waals surface area contributed by atoms with Gasteiger partial charge in [-0.2, -0.15) is 0 Å². The summed E-state index contributed by atoms with van der Waals surface area (Å²) in [7, 11) is 0. The minimum Gasteiger partial charge on any atom is -0.465 e. The highest BCUT2D eigenvalue weighted by molar-refractivity contribution is 6.30. The number of hydrogen-bond donors (Lipinski definition) is 4. The van der Waals surface area contributed by atoms with Gasteiger partial charge in [-0.15, -0.1) is 0 Å². The number of carboxylic acid groups (broad SMARTS) is 1. The number of halogens is 1. The molecule has 1 aliphatic rings. The van der Waals surface area contributed by atoms with E-state index in [1.807, 2.05) is 37.3 Å². The van der Waals surface area contributed by atoms with Crippen LogP contribution in [0.25, 0.3) is 0 Å². The fourth-order valence-electron chi connectivity index (χ4n) is 3.32. The van der Waals surface area contributed by atoms with E-state index in [0.717, 1.165) is 5.56 Å². The normalized spacial score (nSPS) is 19.4. The number of benzene rings is 1. The van der Waals surface area contributed by atoms with E-state index in [0.29, 0.717) is 43.3 Å². The predicted molar refractivity (Wildman–Crippen MR) is 106 cm³/mol. The molecule has 2 aromatic rings. The van der Waals surface area contributed by atoms with Crippen LogP contribution in [0.5, 0.6) is 0 Å². The molecule has 3 rings (SSSR count). The van der Waals surface area contributed by atoms with E-state index in [1.54, 1.807) is 0 Å². The largest absolute Gasteiger partial charge is 0.465 e. The van der Waals surface area contributed by atoms with Gasteiger partial charge in [-0.1, -0.05) is 48.9 Å². The second-order valence-corrected chi connectivity index (χ2v) is 7.14. The van der Waals surface area contributed by atoms with Crippen LogP contribution in [0.15, 0.2) is 30.3 Å². The highest BCUT2D eigenvalue weighted by Gasteiger charge is 2.33. The van der Waals surface area contributed by atoms with E-state index in [9.17, 15) is 14.7 Å². The van der Waals surface area contributed by atoms with Crippen molar-refractivity contribution in [2.75, 3.05) is 13.1 Å². The van der Waals surface area contributed by atoms with Crippen LogP contribution in [-0.2, 0) is 13.0 Å². The zero-order valence-electron chi connectivity index (χ0n) is 15.6. The number of aromatic amines is 1. The van der Waals surface area contributed by atoms with E-state index >= 15 is 0 Å². The third kappa shape index (κ3) is 4.82. The lowest BCUT2D eigenvalue weighted by molar-refractivity contribution is 0.0861. The van der Waals surface area contributed by atoms with Crippen LogP contribution in [0.1, 0.15) is 35.2 Å². The molecule has 0 saturated carbocycles. The Morgan fingerprint density at radius 1 is 1.32 bits per heavy atom. The quantitative estimate of drug-likeness (QED) is 0.589. The number of carbonyl (C=O) groups is 2. The number of nitrogens with zero attached hydrogens (tertiary/aromatic N) is 2. The molecule has 2 heterocycles. The van der Waals surface area contributed by atoms with Gasteiger partial charge in [0.15, 0.2) is 11.0 Å². The average Bonchev–Trinajstić information content (AvgIpc) is 3.08. The van der Waals surface area contributed by atoms with Gasteiger partial charge in [0.1, 0.15) is 0 Å². The molecule has 1 saturated heterocycles. The molecule has 0 unspecified atom stereocenters. The molecule has 1 fully saturated rings. The first kappa shape index (κ1) is 20.2. The van der Waals surface area contributed by atoms with Crippen LogP contribution in [0, 0.1) is 0 Å². The number of H-pyrrole nitrogens is 1. The number of hydrogen-bond acceptors (Lipinski definition) is 4. The topological polar surface area (TPSA) is 110 Å². The number of aryl methyl sites for hydroxylation is 1. The van der Waals surface area contributed by atoms with Crippen molar-refractivity contribution in [2.45, 2.75) is 38.4 Å². The SMILES string of the molecule is CCc1[nH]c(C(=O)N[C@@H]2CCN(C(=O)O)C[C@H]2NCc2ccccc2)nc1Cl. The highest BCUT2D eigenvalue weighted by Crippen LogP contribution is 2.16. The maximum atomic E-state index is 12.6. The molecule has 2 amide bonds. The number of carbonyl (C=O) groups excluding carboxylic acids is 1. The van der Waals surface area contributed by atoms with Crippen molar-refractivity contribution in [3.8, 4) is 0 Å². The lowest BCUT2D eigenvalue weighted by atomic mass is 9.98. The van der Waals surface area contributed by atoms with Crippen LogP contribution in [0.3, 0.4) is 0 Å². The maximum absolute atomic E-state index is 12.6. The van der Waals surface area contributed by atoms with Gasteiger partial charge >= 0.3 is 6.09 Å². The Kier molecular flexibility index (Phi) is 6.53. The Hall–Kier alpha value is -2.58. The number of imidazole rings is 1. The summed E-state index contributed by atoms with van der Waals surface area (Å²) in [6, 6.07) is 9.40. The standard InChI is InChI=1S/C19H24ClN5O3/c1-2-13-16(20)24-17(22-13)18(26)23-14-8-9-25(19(27)28)11-15(14)21-10-12-6-4-3-5-7-12/h3-7,14-15,21H,2,8-11H2,1H3,(H,22,24)(H,23,26)(H,27,28)/t14-,15-/m1/s1. The molecule has 0 spiro atoms. The summed E-state index contributed by atoms with van der Waals surface area (Å²) in [5.74, 6) is -0.175. The molecule has 0 radical (unpaired) electrons. The van der Waals surface area contributed by atoms with Gasteiger partial charge in [0.25, 0.3) is 5.91 Å². The van der Waals surface area contributed by atoms with E-state index in [2.05, 4.69) is 20.6 Å². The summed E-state index contributed by atoms with van der Waals surface area (Å²) >= 11 is 6.03. The summed E-state index contributed by atoms with van der Waals surface area (Å²) in [6.07, 6.45) is 0.207. The zero-order valence-corrected chi connectivity index (χ0v) is 16.4. The van der Waals surface area contributed by atoms with Crippen LogP contribution in [0.2, 0.25) is 5.15 Å². The first-order valence-corrected chi connectivity index (χ1v) is 9.66. The smallest absolute Gasteiger partial charge is 0.407 e. The van der Waals surface area contributed by atoms with Crippen LogP contribution >= 0.6 is 11.6 Å². The van der Waals surface area contributed by atoms with Crippen molar-refractivity contribution < 1.29 is 14.7 Å². The Balaban J connectivity index is 1.68. The molecule has 4 N–H and O–H groups in total. The molecule has 150 valence electrons. The molecule has 1 aromatic heterocycles. The van der Waals surface area contributed by atoms with Crippen molar-refractivity contribution in [1.82, 2.24) is 25.5 Å². The Morgan fingerprint density at radius 2 is 2.07 bits per heavy atom. The minimum absolute atomic E-state index is 0.171. The molecule has 2 atom stereocenters. The summed E-state index contributed by atoms with van der Waals surface area (Å²) in [4.78, 5) is 32.4. The van der Waals surface area contributed by atoms with Crippen molar-refractivity contribution >= 4 is 23.6 Å². The summed E-state index contributed by atoms with van der Waals surface area (Å²) in [5, 5.41) is 16.0. The molecular weight excluding hydrogens is 382 g/mol. The first-order chi connectivity index (χ1) is 13.5. The van der Waals surface area contributed by atoms with Crippen LogP contribution in [-0.4, -0.2) is 57.1 Å². The zero-order chi connectivity index (χ0) is 20.1. The second-order valence-electron chi connectivity index (χ2n) is 6.78. The van der Waals surface area contributed by atoms with Gasteiger partial charge in [0.2, 0.25) is 0 Å². The Labute approximate surface area is 168 Å². The molecule has 0 bridgehead atoms. The third-order valence-corrected chi connectivity index (χ3v) is 5.22. The molecule has 1 aromatic carbocycles. The van der Waals surface area contributed by atoms with Gasteiger partial charge < -0.3 is 25.6 Å². The van der Waals surface area contributed by atoms with Crippen molar-refractivity contribution in [2.24, 2.45) is 0 Å². The lowest BCUT2D eigenvalue weighted by Crippen LogP contribution is -2.60. The summed E-state index contributed by atoms with van der Waals surface area (Å²) in [5.41, 5.74) is 1.80. The third-order valence-electron chi connectivity index (χ3n) is 4.91. The van der Waals surface area contributed by atoms with Gasteiger partial charge in [-0.25, -0.2) is 9.78 Å². The van der Waals surface area contributed by atoms with E-state index in [1.165, 1.54) is 4.90 Å². The predicted octanol–water partition coefficient (Wildman–Crippen LogP) is 2.27. The monoisotopic (exact) mass is 405 g/mol. The van der Waals surface area contributed by atoms with E-state index < -0.39 is 6.09 Å². The van der Waals surface area contributed by atoms with Crippen LogP contribution in [0.4, 0.5) is 4.79 Å². The molecule has 8 nitrogen and oxygen atoms in total. The molecule has 9 heteroatoms. The van der Waals surface area contributed by atoms with Crippen LogP contribution < -0.4 is 10.6 Å². The molecular formula is C19H24ClN5O3. The van der Waals surface area contributed by atoms with Crippen molar-refractivity contribution in [1.29, 1.82) is 0 Å². The number of amides is 2. The number of piperidine rings is 1. The van der Waals surface area contributed by atoms with Gasteiger partial charge in [-0.05, 0) is 18.4 Å². The number of aromatic nitrogens is 2. The summed E-state index contributed by atoms with van der Waals surface area (Å²) < 4.78 is 0. The molecule has 1 aliphatic heterocycles. The highest BCUT2D eigenvalue weighted by atomic mass is 35.5. The van der Waals surface area contributed by atoms with Gasteiger partial charge in [-0.3, -0.25) is 4.79 Å². The average molecular weight is 406 g/mol. The van der Waals surface area contributed by atoms with E-state index in [-0.39, 0.29) is 23.8 Å². The Morgan fingerprint density at radius 3 is 2.71 bits per heavy atom. The van der Waals surface area contributed by atoms with Gasteiger partial charge in [0, 0.05) is 31.7 Å². The minimum atomic E-state index is -0.957. The summed E-state index contributed by atoms with van der Waals surface area (Å²) in [6.45, 7) is 3.17. The molecule has 28 heavy (non-hydrogen) atoms. The number of rotatable bonds is 6. The fraction of sp³-hybridized carbons (Fsp3) is 0.421. The fourth-order valence-corrected chi connectivity index (χ4v) is 3.58. The van der Waals surface area contributed by atoms with E-state index in [4.69, 9.17) is 11.6 Å².